The van der Waals surface area contributed by atoms with E-state index in [1.54, 1.807) is 0 Å². The summed E-state index contributed by atoms with van der Waals surface area (Å²) in [5, 5.41) is 0. The number of ether oxygens (including phenoxy) is 3. The first-order chi connectivity index (χ1) is 18.0. The van der Waals surface area contributed by atoms with Crippen LogP contribution in [0.1, 0.15) is 30.0 Å². The Morgan fingerprint density at radius 3 is 1.68 bits per heavy atom. The molecule has 1 amide bonds. The molecule has 4 rings (SSSR count). The molecule has 0 N–H and O–H groups in total. The van der Waals surface area contributed by atoms with Gasteiger partial charge in [0, 0.05) is 12.5 Å². The highest BCUT2D eigenvalue weighted by Crippen LogP contribution is 2.34. The zero-order valence-electron chi connectivity index (χ0n) is 20.8. The number of amides is 1. The minimum atomic E-state index is -0.953. The van der Waals surface area contributed by atoms with Crippen molar-refractivity contribution in [3.8, 4) is 0 Å². The van der Waals surface area contributed by atoms with E-state index in [2.05, 4.69) is 0 Å². The van der Waals surface area contributed by atoms with Gasteiger partial charge in [-0.15, -0.1) is 0 Å². The highest BCUT2D eigenvalue weighted by Gasteiger charge is 2.48. The first-order valence-corrected chi connectivity index (χ1v) is 12.4. The third-order valence-corrected chi connectivity index (χ3v) is 6.51. The number of carbonyl (C=O) groups is 3. The van der Waals surface area contributed by atoms with E-state index in [1.165, 1.54) is 4.90 Å². The van der Waals surface area contributed by atoms with E-state index in [9.17, 15) is 14.4 Å². The molecule has 7 heteroatoms. The predicted molar refractivity (Wildman–Crippen MR) is 137 cm³/mol. The van der Waals surface area contributed by atoms with Gasteiger partial charge in [0.1, 0.15) is 25.9 Å². The smallest absolute Gasteiger partial charge is 0.410 e. The lowest BCUT2D eigenvalue weighted by atomic mass is 9.89. The Bertz CT molecular complexity index is 1170. The average Bonchev–Trinajstić information content (AvgIpc) is 3.26. The fourth-order valence-electron chi connectivity index (χ4n) is 4.51. The van der Waals surface area contributed by atoms with Crippen LogP contribution in [0, 0.1) is 11.8 Å². The van der Waals surface area contributed by atoms with Crippen molar-refractivity contribution in [1.29, 1.82) is 0 Å². The summed E-state index contributed by atoms with van der Waals surface area (Å²) in [7, 11) is 0. The number of hydrogen-bond donors (Lipinski definition) is 0. The lowest BCUT2D eigenvalue weighted by Crippen LogP contribution is -2.45. The minimum Gasteiger partial charge on any atom is -0.461 e. The average molecular weight is 502 g/mol. The maximum absolute atomic E-state index is 13.3. The molecule has 0 aromatic heterocycles. The van der Waals surface area contributed by atoms with Crippen LogP contribution in [0.5, 0.6) is 0 Å². The highest BCUT2D eigenvalue weighted by molar-refractivity contribution is 5.83. The summed E-state index contributed by atoms with van der Waals surface area (Å²) < 4.78 is 16.6. The third kappa shape index (κ3) is 7.19. The molecule has 0 spiro atoms. The topological polar surface area (TPSA) is 82.1 Å². The summed E-state index contributed by atoms with van der Waals surface area (Å²) in [5.74, 6) is -1.59. The number of rotatable bonds is 9. The normalized spacial score (nSPS) is 18.7. The molecule has 0 bridgehead atoms. The van der Waals surface area contributed by atoms with Crippen molar-refractivity contribution in [3.63, 3.8) is 0 Å². The van der Waals surface area contributed by atoms with E-state index < -0.39 is 30.0 Å². The van der Waals surface area contributed by atoms with Gasteiger partial charge in [-0.2, -0.15) is 0 Å². The Labute approximate surface area is 217 Å². The Balaban J connectivity index is 1.44. The molecule has 0 radical (unpaired) electrons. The molecule has 1 aliphatic heterocycles. The number of hydrogen-bond acceptors (Lipinski definition) is 6. The molecule has 192 valence electrons. The summed E-state index contributed by atoms with van der Waals surface area (Å²) in [4.78, 5) is 40.5. The van der Waals surface area contributed by atoms with Gasteiger partial charge >= 0.3 is 18.0 Å². The van der Waals surface area contributed by atoms with Gasteiger partial charge in [0.05, 0.1) is 6.42 Å². The lowest BCUT2D eigenvalue weighted by Gasteiger charge is -2.26. The second kappa shape index (κ2) is 12.7. The number of likely N-dealkylation sites (tertiary alicyclic amines) is 1. The number of carbonyl (C=O) groups excluding carboxylic acids is 3. The first-order valence-electron chi connectivity index (χ1n) is 12.4. The summed E-state index contributed by atoms with van der Waals surface area (Å²) in [6, 6.07) is 27.1. The van der Waals surface area contributed by atoms with Crippen LogP contribution in [-0.2, 0) is 43.6 Å². The van der Waals surface area contributed by atoms with E-state index in [-0.39, 0.29) is 38.7 Å². The fraction of sp³-hybridized carbons (Fsp3) is 0.300. The van der Waals surface area contributed by atoms with E-state index in [1.807, 2.05) is 97.9 Å². The van der Waals surface area contributed by atoms with Crippen LogP contribution in [0.2, 0.25) is 0 Å². The zero-order valence-corrected chi connectivity index (χ0v) is 20.8. The predicted octanol–water partition coefficient (Wildman–Crippen LogP) is 5.14. The zero-order chi connectivity index (χ0) is 26.0. The van der Waals surface area contributed by atoms with Crippen LogP contribution in [0.4, 0.5) is 4.79 Å². The largest absolute Gasteiger partial charge is 0.461 e. The van der Waals surface area contributed by atoms with Crippen molar-refractivity contribution in [3.05, 3.63) is 108 Å². The maximum Gasteiger partial charge on any atom is 0.410 e. The van der Waals surface area contributed by atoms with Gasteiger partial charge in [-0.05, 0) is 22.6 Å². The van der Waals surface area contributed by atoms with Gasteiger partial charge in [0.2, 0.25) is 0 Å². The number of nitrogens with zero attached hydrogens (tertiary/aromatic N) is 1. The summed E-state index contributed by atoms with van der Waals surface area (Å²) >= 11 is 0. The Morgan fingerprint density at radius 2 is 1.16 bits per heavy atom. The molecule has 1 heterocycles. The summed E-state index contributed by atoms with van der Waals surface area (Å²) in [6.45, 7) is 2.49. The molecule has 1 unspecified atom stereocenters. The molecular formula is C30H31NO6. The standard InChI is InChI=1S/C30H31NO6/c1-22-18-31(30(34)37-21-25-15-9-4-10-16-25)28(29(33)36-20-24-13-7-3-8-14-24)26(22)17-27(32)35-19-23-11-5-2-6-12-23/h2-16,22,26,28H,17-21H2,1H3/t22?,26-,28-/m0/s1. The van der Waals surface area contributed by atoms with Crippen molar-refractivity contribution in [2.45, 2.75) is 39.2 Å². The number of esters is 2. The van der Waals surface area contributed by atoms with Crippen LogP contribution < -0.4 is 0 Å². The Kier molecular flexibility index (Phi) is 8.92. The van der Waals surface area contributed by atoms with E-state index >= 15 is 0 Å². The molecule has 1 aliphatic rings. The fourth-order valence-corrected chi connectivity index (χ4v) is 4.51. The molecule has 7 nitrogen and oxygen atoms in total. The molecule has 3 aromatic carbocycles. The molecule has 1 saturated heterocycles. The van der Waals surface area contributed by atoms with Gasteiger partial charge in [-0.25, -0.2) is 9.59 Å². The van der Waals surface area contributed by atoms with Gasteiger partial charge in [-0.3, -0.25) is 9.69 Å². The summed E-state index contributed by atoms with van der Waals surface area (Å²) in [6.07, 6.45) is -0.626. The van der Waals surface area contributed by atoms with Crippen LogP contribution >= 0.6 is 0 Å². The molecule has 0 saturated carbocycles. The van der Waals surface area contributed by atoms with E-state index in [4.69, 9.17) is 14.2 Å². The van der Waals surface area contributed by atoms with Crippen molar-refractivity contribution < 1.29 is 28.6 Å². The Morgan fingerprint density at radius 1 is 0.703 bits per heavy atom. The van der Waals surface area contributed by atoms with Gasteiger partial charge in [-0.1, -0.05) is 97.9 Å². The Hall–Kier alpha value is -4.13. The SMILES string of the molecule is CC1CN(C(=O)OCc2ccccc2)[C@H](C(=O)OCc2ccccc2)[C@H]1CC(=O)OCc1ccccc1. The quantitative estimate of drug-likeness (QED) is 0.298. The minimum absolute atomic E-state index is 0.0123. The van der Waals surface area contributed by atoms with Crippen LogP contribution in [0.3, 0.4) is 0 Å². The van der Waals surface area contributed by atoms with Gasteiger partial charge in [0.25, 0.3) is 0 Å². The highest BCUT2D eigenvalue weighted by atomic mass is 16.6. The van der Waals surface area contributed by atoms with Crippen molar-refractivity contribution in [2.24, 2.45) is 11.8 Å². The van der Waals surface area contributed by atoms with Crippen LogP contribution in [0.25, 0.3) is 0 Å². The molecule has 1 fully saturated rings. The van der Waals surface area contributed by atoms with Crippen molar-refractivity contribution in [2.75, 3.05) is 6.54 Å². The van der Waals surface area contributed by atoms with Crippen molar-refractivity contribution >= 4 is 18.0 Å². The monoisotopic (exact) mass is 501 g/mol. The van der Waals surface area contributed by atoms with E-state index in [0.717, 1.165) is 16.7 Å². The van der Waals surface area contributed by atoms with Gasteiger partial charge in [0.15, 0.2) is 0 Å². The maximum atomic E-state index is 13.3. The number of benzene rings is 3. The molecule has 3 atom stereocenters. The molecule has 37 heavy (non-hydrogen) atoms. The van der Waals surface area contributed by atoms with Crippen LogP contribution in [-0.4, -0.2) is 35.5 Å². The third-order valence-electron chi connectivity index (χ3n) is 6.51. The van der Waals surface area contributed by atoms with Crippen LogP contribution in [0.15, 0.2) is 91.0 Å². The molecule has 3 aromatic rings. The second-order valence-corrected chi connectivity index (χ2v) is 9.22. The van der Waals surface area contributed by atoms with Crippen molar-refractivity contribution in [1.82, 2.24) is 4.90 Å². The molecular weight excluding hydrogens is 470 g/mol. The lowest BCUT2D eigenvalue weighted by molar-refractivity contribution is -0.153. The van der Waals surface area contributed by atoms with E-state index in [0.29, 0.717) is 0 Å². The summed E-state index contributed by atoms with van der Waals surface area (Å²) in [5.41, 5.74) is 2.55. The first kappa shape index (κ1) is 25.9. The molecule has 0 aliphatic carbocycles. The van der Waals surface area contributed by atoms with Gasteiger partial charge < -0.3 is 14.2 Å². The second-order valence-electron chi connectivity index (χ2n) is 9.22.